The standard InChI is InChI=1S/C23H16BrNO6S/c1-29-19-11-15(6-9-17(19)31-22(27)18-3-2-10-30-18)12-20-21(26)25(23(28)32-20)13-14-4-7-16(24)8-5-14/h2-12H,13H2,1H3/b20-12-. The molecule has 0 radical (unpaired) electrons. The van der Waals surface area contributed by atoms with Gasteiger partial charge >= 0.3 is 5.97 Å². The van der Waals surface area contributed by atoms with Crippen LogP contribution in [-0.4, -0.2) is 29.1 Å². The van der Waals surface area contributed by atoms with Crippen molar-refractivity contribution in [2.45, 2.75) is 6.54 Å². The van der Waals surface area contributed by atoms with Crippen molar-refractivity contribution in [1.82, 2.24) is 4.90 Å². The van der Waals surface area contributed by atoms with E-state index in [1.807, 2.05) is 24.3 Å². The van der Waals surface area contributed by atoms with Crippen LogP contribution < -0.4 is 9.47 Å². The topological polar surface area (TPSA) is 86.0 Å². The van der Waals surface area contributed by atoms with Crippen LogP contribution in [0.25, 0.3) is 6.08 Å². The van der Waals surface area contributed by atoms with Gasteiger partial charge in [-0.05, 0) is 65.4 Å². The highest BCUT2D eigenvalue weighted by molar-refractivity contribution is 9.10. The van der Waals surface area contributed by atoms with Gasteiger partial charge in [0.15, 0.2) is 11.5 Å². The van der Waals surface area contributed by atoms with Crippen LogP contribution >= 0.6 is 27.7 Å². The highest BCUT2D eigenvalue weighted by atomic mass is 79.9. The summed E-state index contributed by atoms with van der Waals surface area (Å²) in [5.74, 6) is -0.456. The number of esters is 1. The first-order valence-electron chi connectivity index (χ1n) is 9.38. The normalized spacial score (nSPS) is 14.8. The summed E-state index contributed by atoms with van der Waals surface area (Å²) in [7, 11) is 1.44. The molecular weight excluding hydrogens is 498 g/mol. The fraction of sp³-hybridized carbons (Fsp3) is 0.0870. The van der Waals surface area contributed by atoms with Gasteiger partial charge in [0, 0.05) is 4.47 Å². The smallest absolute Gasteiger partial charge is 0.379 e. The molecule has 1 aromatic heterocycles. The highest BCUT2D eigenvalue weighted by Gasteiger charge is 2.35. The number of halogens is 1. The number of furan rings is 1. The first-order valence-corrected chi connectivity index (χ1v) is 11.0. The van der Waals surface area contributed by atoms with E-state index < -0.39 is 5.97 Å². The third kappa shape index (κ3) is 4.79. The summed E-state index contributed by atoms with van der Waals surface area (Å²) >= 11 is 4.24. The number of hydrogen-bond donors (Lipinski definition) is 0. The monoisotopic (exact) mass is 513 g/mol. The maximum absolute atomic E-state index is 12.8. The molecule has 0 atom stereocenters. The number of nitrogens with zero attached hydrogens (tertiary/aromatic N) is 1. The van der Waals surface area contributed by atoms with E-state index in [0.29, 0.717) is 16.2 Å². The number of imide groups is 1. The Bertz CT molecular complexity index is 1200. The highest BCUT2D eigenvalue weighted by Crippen LogP contribution is 2.35. The van der Waals surface area contributed by atoms with Crippen molar-refractivity contribution in [1.29, 1.82) is 0 Å². The summed E-state index contributed by atoms with van der Waals surface area (Å²) in [5, 5.41) is -0.333. The second-order valence-corrected chi connectivity index (χ2v) is 8.58. The average molecular weight is 514 g/mol. The van der Waals surface area contributed by atoms with Crippen molar-refractivity contribution < 1.29 is 28.3 Å². The van der Waals surface area contributed by atoms with Gasteiger partial charge in [-0.2, -0.15) is 0 Å². The molecule has 0 unspecified atom stereocenters. The van der Waals surface area contributed by atoms with Crippen LogP contribution in [0.15, 0.2) is 74.7 Å². The SMILES string of the molecule is COc1cc(/C=C2\SC(=O)N(Cc3ccc(Br)cc3)C2=O)ccc1OC(=O)c1ccco1. The summed E-state index contributed by atoms with van der Waals surface area (Å²) in [4.78, 5) is 38.8. The molecule has 32 heavy (non-hydrogen) atoms. The molecule has 1 aliphatic rings. The van der Waals surface area contributed by atoms with E-state index in [1.165, 1.54) is 24.3 Å². The van der Waals surface area contributed by atoms with Crippen LogP contribution in [0, 0.1) is 0 Å². The maximum atomic E-state index is 12.8. The predicted molar refractivity (Wildman–Crippen MR) is 122 cm³/mol. The molecule has 1 aliphatic heterocycles. The lowest BCUT2D eigenvalue weighted by Gasteiger charge is -2.12. The molecule has 4 rings (SSSR count). The van der Waals surface area contributed by atoms with Gasteiger partial charge < -0.3 is 13.9 Å². The quantitative estimate of drug-likeness (QED) is 0.244. The average Bonchev–Trinajstić information content (AvgIpc) is 3.41. The summed E-state index contributed by atoms with van der Waals surface area (Å²) in [6.07, 6.45) is 2.98. The second-order valence-electron chi connectivity index (χ2n) is 6.67. The van der Waals surface area contributed by atoms with Gasteiger partial charge in [-0.15, -0.1) is 0 Å². The number of carbonyl (C=O) groups is 3. The van der Waals surface area contributed by atoms with E-state index >= 15 is 0 Å². The van der Waals surface area contributed by atoms with Crippen molar-refractivity contribution in [3.63, 3.8) is 0 Å². The third-order valence-electron chi connectivity index (χ3n) is 4.54. The van der Waals surface area contributed by atoms with Gasteiger partial charge in [0.05, 0.1) is 24.8 Å². The first-order chi connectivity index (χ1) is 15.4. The zero-order valence-corrected chi connectivity index (χ0v) is 19.1. The Labute approximate surface area is 196 Å². The third-order valence-corrected chi connectivity index (χ3v) is 5.97. The largest absolute Gasteiger partial charge is 0.493 e. The molecule has 9 heteroatoms. The fourth-order valence-electron chi connectivity index (χ4n) is 2.96. The first kappa shape index (κ1) is 21.9. The Morgan fingerprint density at radius 2 is 1.91 bits per heavy atom. The van der Waals surface area contributed by atoms with Crippen molar-refractivity contribution in [3.05, 3.63) is 87.1 Å². The van der Waals surface area contributed by atoms with E-state index in [9.17, 15) is 14.4 Å². The molecule has 0 spiro atoms. The summed E-state index contributed by atoms with van der Waals surface area (Å²) < 4.78 is 16.6. The number of hydrogen-bond acceptors (Lipinski definition) is 7. The van der Waals surface area contributed by atoms with Gasteiger partial charge in [-0.1, -0.05) is 34.1 Å². The van der Waals surface area contributed by atoms with Crippen molar-refractivity contribution in [2.75, 3.05) is 7.11 Å². The molecule has 162 valence electrons. The molecule has 0 N–H and O–H groups in total. The molecule has 1 saturated heterocycles. The minimum atomic E-state index is -0.657. The van der Waals surface area contributed by atoms with Gasteiger partial charge in [0.25, 0.3) is 11.1 Å². The Kier molecular flexibility index (Phi) is 6.48. The van der Waals surface area contributed by atoms with E-state index in [1.54, 1.807) is 30.3 Å². The second kappa shape index (κ2) is 9.46. The van der Waals surface area contributed by atoms with E-state index in [4.69, 9.17) is 13.9 Å². The zero-order chi connectivity index (χ0) is 22.7. The molecule has 0 aliphatic carbocycles. The Balaban J connectivity index is 1.51. The van der Waals surface area contributed by atoms with Crippen LogP contribution in [0.4, 0.5) is 4.79 Å². The molecule has 2 amide bonds. The van der Waals surface area contributed by atoms with E-state index in [0.717, 1.165) is 21.8 Å². The fourth-order valence-corrected chi connectivity index (χ4v) is 4.07. The number of amides is 2. The van der Waals surface area contributed by atoms with E-state index in [-0.39, 0.29) is 29.2 Å². The van der Waals surface area contributed by atoms with Crippen molar-refractivity contribution >= 4 is 50.9 Å². The zero-order valence-electron chi connectivity index (χ0n) is 16.7. The van der Waals surface area contributed by atoms with Gasteiger partial charge in [0.2, 0.25) is 5.76 Å². The molecule has 0 bridgehead atoms. The molecule has 3 aromatic rings. The molecule has 1 fully saturated rings. The lowest BCUT2D eigenvalue weighted by Crippen LogP contribution is -2.27. The Morgan fingerprint density at radius 3 is 2.59 bits per heavy atom. The van der Waals surface area contributed by atoms with Crippen molar-refractivity contribution in [3.8, 4) is 11.5 Å². The molecule has 2 heterocycles. The van der Waals surface area contributed by atoms with Crippen LogP contribution in [0.1, 0.15) is 21.7 Å². The lowest BCUT2D eigenvalue weighted by atomic mass is 10.1. The number of rotatable bonds is 6. The number of thioether (sulfide) groups is 1. The summed E-state index contributed by atoms with van der Waals surface area (Å²) in [6.45, 7) is 0.195. The number of carbonyl (C=O) groups excluding carboxylic acids is 3. The number of ether oxygens (including phenoxy) is 2. The Hall–Kier alpha value is -3.30. The number of methoxy groups -OCH3 is 1. The molecule has 0 saturated carbocycles. The van der Waals surface area contributed by atoms with E-state index in [2.05, 4.69) is 15.9 Å². The van der Waals surface area contributed by atoms with Gasteiger partial charge in [-0.3, -0.25) is 14.5 Å². The van der Waals surface area contributed by atoms with Crippen molar-refractivity contribution in [2.24, 2.45) is 0 Å². The summed E-state index contributed by atoms with van der Waals surface area (Å²) in [6, 6.07) is 15.3. The molecule has 2 aromatic carbocycles. The van der Waals surface area contributed by atoms with Crippen LogP contribution in [-0.2, 0) is 11.3 Å². The van der Waals surface area contributed by atoms with Crippen LogP contribution in [0.5, 0.6) is 11.5 Å². The van der Waals surface area contributed by atoms with Crippen LogP contribution in [0.2, 0.25) is 0 Å². The molecular formula is C23H16BrNO6S. The van der Waals surface area contributed by atoms with Gasteiger partial charge in [-0.25, -0.2) is 4.79 Å². The minimum absolute atomic E-state index is 0.0653. The lowest BCUT2D eigenvalue weighted by molar-refractivity contribution is -0.123. The Morgan fingerprint density at radius 1 is 1.12 bits per heavy atom. The maximum Gasteiger partial charge on any atom is 0.379 e. The predicted octanol–water partition coefficient (Wildman–Crippen LogP) is 5.51. The van der Waals surface area contributed by atoms with Crippen LogP contribution in [0.3, 0.4) is 0 Å². The summed E-state index contributed by atoms with van der Waals surface area (Å²) in [5.41, 5.74) is 1.47. The molecule has 7 nitrogen and oxygen atoms in total. The minimum Gasteiger partial charge on any atom is -0.493 e. The number of benzene rings is 2. The van der Waals surface area contributed by atoms with Gasteiger partial charge in [0.1, 0.15) is 0 Å².